The van der Waals surface area contributed by atoms with E-state index < -0.39 is 24.1 Å². The van der Waals surface area contributed by atoms with Gasteiger partial charge in [-0.3, -0.25) is 9.59 Å². The fourth-order valence-corrected chi connectivity index (χ4v) is 6.69. The van der Waals surface area contributed by atoms with Crippen LogP contribution in [0.2, 0.25) is 0 Å². The number of carboxylic acid groups (broad SMARTS) is 2. The number of hydrogen-bond donors (Lipinski definition) is 6. The molecule has 1 amide bonds. The number of anilines is 1. The Morgan fingerprint density at radius 2 is 1.70 bits per heavy atom. The SMILES string of the molecule is CC(=O)Nc1ccc(O)cc1.COc1ccc2c3c1O[C@H]1C(=O)CC[C@H]4[C@@H](C2)N(C)CC[C@]314.O=C(O)C(O)C(O)C(=O)O. The Morgan fingerprint density at radius 3 is 2.26 bits per heavy atom. The van der Waals surface area contributed by atoms with E-state index in [2.05, 4.69) is 23.3 Å². The van der Waals surface area contributed by atoms with E-state index in [1.807, 2.05) is 6.07 Å². The fourth-order valence-electron chi connectivity index (χ4n) is 6.69. The van der Waals surface area contributed by atoms with E-state index >= 15 is 0 Å². The molecule has 6 atom stereocenters. The van der Waals surface area contributed by atoms with Crippen molar-refractivity contribution in [1.29, 1.82) is 0 Å². The molecule has 0 aromatic heterocycles. The van der Waals surface area contributed by atoms with Gasteiger partial charge in [-0.05, 0) is 74.7 Å². The molecule has 2 aromatic rings. The minimum absolute atomic E-state index is 0.0933. The highest BCUT2D eigenvalue weighted by Gasteiger charge is 2.65. The number of Topliss-reactive ketones (excluding diaryl/α,β-unsaturated/α-hetero) is 1. The zero-order valence-corrected chi connectivity index (χ0v) is 24.0. The lowest BCUT2D eigenvalue weighted by molar-refractivity contribution is -0.165. The van der Waals surface area contributed by atoms with Gasteiger partial charge in [0, 0.05) is 36.1 Å². The molecular weight excluding hydrogens is 564 g/mol. The van der Waals surface area contributed by atoms with Gasteiger partial charge in [-0.25, -0.2) is 9.59 Å². The number of nitrogens with one attached hydrogen (secondary N) is 1. The van der Waals surface area contributed by atoms with Crippen molar-refractivity contribution >= 4 is 29.3 Å². The Labute approximate surface area is 247 Å². The van der Waals surface area contributed by atoms with Crippen LogP contribution in [0.3, 0.4) is 0 Å². The van der Waals surface area contributed by atoms with Gasteiger partial charge in [0.05, 0.1) is 7.11 Å². The lowest BCUT2D eigenvalue weighted by Crippen LogP contribution is -2.65. The number of amides is 1. The van der Waals surface area contributed by atoms with Gasteiger partial charge in [-0.1, -0.05) is 6.07 Å². The quantitative estimate of drug-likeness (QED) is 0.268. The summed E-state index contributed by atoms with van der Waals surface area (Å²) in [6.45, 7) is 2.48. The highest BCUT2D eigenvalue weighted by molar-refractivity contribution is 5.89. The van der Waals surface area contributed by atoms with Crippen LogP contribution in [0.15, 0.2) is 36.4 Å². The van der Waals surface area contributed by atoms with Crippen LogP contribution in [0.1, 0.15) is 37.3 Å². The van der Waals surface area contributed by atoms with Crippen LogP contribution in [0.5, 0.6) is 17.2 Å². The third-order valence-corrected chi connectivity index (χ3v) is 8.58. The lowest BCUT2D eigenvalue weighted by Gasteiger charge is -2.57. The number of carboxylic acids is 2. The number of aromatic hydroxyl groups is 1. The van der Waals surface area contributed by atoms with Crippen molar-refractivity contribution in [2.45, 2.75) is 62.4 Å². The molecule has 1 spiro atoms. The number of carbonyl (C=O) groups excluding carboxylic acids is 2. The average Bonchev–Trinajstić information content (AvgIpc) is 3.32. The number of aliphatic carboxylic acids is 2. The van der Waals surface area contributed by atoms with Gasteiger partial charge in [0.15, 0.2) is 35.6 Å². The number of phenols is 1. The molecule has 13 nitrogen and oxygen atoms in total. The van der Waals surface area contributed by atoms with Gasteiger partial charge in [0.25, 0.3) is 0 Å². The number of likely N-dealkylation sites (N-methyl/N-ethyl adjacent to an activating group) is 1. The number of ketones is 1. The predicted octanol–water partition coefficient (Wildman–Crippen LogP) is 1.16. The number of hydrogen-bond acceptors (Lipinski definition) is 10. The highest BCUT2D eigenvalue weighted by atomic mass is 16.5. The summed E-state index contributed by atoms with van der Waals surface area (Å²) >= 11 is 0. The summed E-state index contributed by atoms with van der Waals surface area (Å²) in [6, 6.07) is 11.0. The van der Waals surface area contributed by atoms with E-state index in [0.717, 1.165) is 37.3 Å². The van der Waals surface area contributed by atoms with Crippen LogP contribution in [0.25, 0.3) is 0 Å². The first-order valence-corrected chi connectivity index (χ1v) is 13.8. The van der Waals surface area contributed by atoms with Crippen molar-refractivity contribution in [3.05, 3.63) is 47.5 Å². The number of aliphatic hydroxyl groups excluding tert-OH is 2. The van der Waals surface area contributed by atoms with Gasteiger partial charge < -0.3 is 45.2 Å². The Morgan fingerprint density at radius 1 is 1.07 bits per heavy atom. The summed E-state index contributed by atoms with van der Waals surface area (Å²) in [5, 5.41) is 44.0. The number of likely N-dealkylation sites (tertiary alicyclic amines) is 1. The molecule has 2 aromatic carbocycles. The van der Waals surface area contributed by atoms with E-state index in [0.29, 0.717) is 24.1 Å². The number of methoxy groups -OCH3 is 1. The molecule has 2 heterocycles. The maximum atomic E-state index is 12.6. The molecule has 232 valence electrons. The number of phenolic OH excluding ortho intramolecular Hbond substituents is 1. The average molecular weight is 601 g/mol. The number of piperidine rings is 1. The second kappa shape index (κ2) is 12.6. The van der Waals surface area contributed by atoms with Crippen LogP contribution in [-0.2, 0) is 31.0 Å². The summed E-state index contributed by atoms with van der Waals surface area (Å²) in [7, 11) is 3.91. The van der Waals surface area contributed by atoms with E-state index in [1.54, 1.807) is 19.2 Å². The monoisotopic (exact) mass is 600 g/mol. The molecule has 43 heavy (non-hydrogen) atoms. The van der Waals surface area contributed by atoms with Crippen molar-refractivity contribution in [2.24, 2.45) is 5.92 Å². The second-order valence-electron chi connectivity index (χ2n) is 11.1. The van der Waals surface area contributed by atoms with Crippen molar-refractivity contribution in [2.75, 3.05) is 26.0 Å². The Kier molecular flexibility index (Phi) is 9.28. The summed E-state index contributed by atoms with van der Waals surface area (Å²) < 4.78 is 11.8. The molecular formula is C30H36N2O11. The summed E-state index contributed by atoms with van der Waals surface area (Å²) in [5.74, 6) is -1.00. The summed E-state index contributed by atoms with van der Waals surface area (Å²) in [6.07, 6.45) is -1.06. The number of carbonyl (C=O) groups is 4. The lowest BCUT2D eigenvalue weighted by atomic mass is 9.52. The Bertz CT molecular complexity index is 1380. The molecule has 0 radical (unpaired) electrons. The van der Waals surface area contributed by atoms with Crippen molar-refractivity contribution in [3.63, 3.8) is 0 Å². The van der Waals surface area contributed by atoms with Gasteiger partial charge >= 0.3 is 11.9 Å². The van der Waals surface area contributed by atoms with Gasteiger partial charge in [-0.15, -0.1) is 0 Å². The molecule has 2 unspecified atom stereocenters. The van der Waals surface area contributed by atoms with Crippen LogP contribution in [0, 0.1) is 5.92 Å². The minimum atomic E-state index is -2.27. The summed E-state index contributed by atoms with van der Waals surface area (Å²) in [4.78, 5) is 45.2. The largest absolute Gasteiger partial charge is 0.508 e. The number of benzene rings is 2. The molecule has 2 bridgehead atoms. The van der Waals surface area contributed by atoms with Crippen LogP contribution in [0.4, 0.5) is 5.69 Å². The molecule has 1 saturated carbocycles. The highest BCUT2D eigenvalue weighted by Crippen LogP contribution is 2.63. The minimum Gasteiger partial charge on any atom is -0.508 e. The van der Waals surface area contributed by atoms with E-state index in [1.165, 1.54) is 30.2 Å². The molecule has 6 N–H and O–H groups in total. The zero-order chi connectivity index (χ0) is 31.6. The van der Waals surface area contributed by atoms with E-state index in [9.17, 15) is 19.2 Å². The number of nitrogens with zero attached hydrogens (tertiary/aromatic N) is 1. The predicted molar refractivity (Wildman–Crippen MR) is 151 cm³/mol. The number of ether oxygens (including phenoxy) is 2. The van der Waals surface area contributed by atoms with Gasteiger partial charge in [0.1, 0.15) is 5.75 Å². The third-order valence-electron chi connectivity index (χ3n) is 8.58. The van der Waals surface area contributed by atoms with E-state index in [-0.39, 0.29) is 29.0 Å². The molecule has 2 aliphatic carbocycles. The molecule has 6 rings (SSSR count). The maximum absolute atomic E-state index is 12.6. The van der Waals surface area contributed by atoms with Gasteiger partial charge in [-0.2, -0.15) is 0 Å². The molecule has 4 aliphatic rings. The van der Waals surface area contributed by atoms with Crippen LogP contribution in [-0.4, -0.2) is 99.1 Å². The normalized spacial score (nSPS) is 25.7. The molecule has 2 fully saturated rings. The first kappa shape index (κ1) is 31.7. The summed E-state index contributed by atoms with van der Waals surface area (Å²) in [5.41, 5.74) is 3.26. The molecule has 1 saturated heterocycles. The number of aliphatic hydroxyl groups is 2. The smallest absolute Gasteiger partial charge is 0.335 e. The molecule has 13 heteroatoms. The van der Waals surface area contributed by atoms with Crippen LogP contribution < -0.4 is 14.8 Å². The Hall–Kier alpha value is -4.20. The standard InChI is InChI=1S/C18H21NO3.C8H9NO2.C4H6O6/c1-19-8-7-18-11-4-5-13(20)17(18)22-16-14(21-2)6-3-10(15(16)18)9-12(11)19;1-6(10)9-7-2-4-8(11)5-3-7;5-1(3(7)8)2(6)4(9)10/h3,6,11-12,17H,4-5,7-9H2,1-2H3;2-5,11H,1H3,(H,9,10);1-2,5-6H,(H,7,8)(H,9,10)/t11-,12+,17-,18-;;/m0../s1. The van der Waals surface area contributed by atoms with Crippen molar-refractivity contribution < 1.29 is 54.2 Å². The first-order valence-electron chi connectivity index (χ1n) is 13.8. The Balaban J connectivity index is 0.000000171. The van der Waals surface area contributed by atoms with Crippen molar-refractivity contribution in [3.8, 4) is 17.2 Å². The number of rotatable bonds is 5. The second-order valence-corrected chi connectivity index (χ2v) is 11.1. The third kappa shape index (κ3) is 6.01. The van der Waals surface area contributed by atoms with E-state index in [4.69, 9.17) is 35.0 Å². The van der Waals surface area contributed by atoms with Crippen molar-refractivity contribution in [1.82, 2.24) is 4.90 Å². The van der Waals surface area contributed by atoms with Gasteiger partial charge in [0.2, 0.25) is 5.91 Å². The van der Waals surface area contributed by atoms with Crippen LogP contribution >= 0.6 is 0 Å². The maximum Gasteiger partial charge on any atom is 0.335 e. The zero-order valence-electron chi connectivity index (χ0n) is 24.0. The topological polar surface area (TPSA) is 203 Å². The fraction of sp³-hybridized carbons (Fsp3) is 0.467. The first-order chi connectivity index (χ1) is 20.3. The molecule has 2 aliphatic heterocycles.